The molecule has 4 nitrogen and oxygen atoms in total. The van der Waals surface area contributed by atoms with Crippen LogP contribution in [0.15, 0.2) is 24.3 Å². The maximum Gasteiger partial charge on any atom is 0.250 e. The van der Waals surface area contributed by atoms with Gasteiger partial charge < -0.3 is 5.32 Å². The zero-order chi connectivity index (χ0) is 14.0. The zero-order valence-electron chi connectivity index (χ0n) is 11.6. The van der Waals surface area contributed by atoms with E-state index in [2.05, 4.69) is 12.2 Å². The maximum atomic E-state index is 12.2. The molecular weight excluding hydrogens is 240 g/mol. The van der Waals surface area contributed by atoms with E-state index in [9.17, 15) is 9.59 Å². The van der Waals surface area contributed by atoms with Gasteiger partial charge in [-0.15, -0.1) is 0 Å². The van der Waals surface area contributed by atoms with Gasteiger partial charge in [0.2, 0.25) is 11.8 Å². The first-order chi connectivity index (χ1) is 9.04. The molecule has 0 aliphatic carbocycles. The number of benzene rings is 1. The fraction of sp³-hybridized carbons (Fsp3) is 0.467. The van der Waals surface area contributed by atoms with Crippen molar-refractivity contribution in [3.05, 3.63) is 29.8 Å². The number of rotatable bonds is 3. The predicted octanol–water partition coefficient (Wildman–Crippen LogP) is 1.88. The van der Waals surface area contributed by atoms with Crippen molar-refractivity contribution in [1.82, 2.24) is 5.32 Å². The topological polar surface area (TPSA) is 49.4 Å². The predicted molar refractivity (Wildman–Crippen MR) is 75.0 cm³/mol. The fourth-order valence-electron chi connectivity index (χ4n) is 2.38. The van der Waals surface area contributed by atoms with Gasteiger partial charge in [0.05, 0.1) is 0 Å². The Labute approximate surface area is 113 Å². The summed E-state index contributed by atoms with van der Waals surface area (Å²) in [6.07, 6.45) is 2.12. The molecule has 1 aromatic carbocycles. The van der Waals surface area contributed by atoms with Crippen molar-refractivity contribution in [3.63, 3.8) is 0 Å². The molecular formula is C15H20N2O2. The molecule has 2 rings (SSSR count). The number of nitrogens with zero attached hydrogens (tertiary/aromatic N) is 1. The summed E-state index contributed by atoms with van der Waals surface area (Å²) in [6, 6.07) is 6.97. The summed E-state index contributed by atoms with van der Waals surface area (Å²) >= 11 is 0. The molecule has 0 radical (unpaired) electrons. The smallest absolute Gasteiger partial charge is 0.250 e. The molecule has 0 aromatic heterocycles. The van der Waals surface area contributed by atoms with E-state index in [0.29, 0.717) is 0 Å². The highest BCUT2D eigenvalue weighted by Gasteiger charge is 2.36. The summed E-state index contributed by atoms with van der Waals surface area (Å²) in [5.41, 5.74) is 2.04. The van der Waals surface area contributed by atoms with Gasteiger partial charge in [-0.25, -0.2) is 0 Å². The molecule has 1 aromatic rings. The zero-order valence-corrected chi connectivity index (χ0v) is 11.6. The molecule has 2 amide bonds. The number of carbonyl (C=O) groups excluding carboxylic acids is 2. The largest absolute Gasteiger partial charge is 0.343 e. The first-order valence-corrected chi connectivity index (χ1v) is 6.77. The molecule has 0 spiro atoms. The van der Waals surface area contributed by atoms with E-state index in [0.717, 1.165) is 18.5 Å². The van der Waals surface area contributed by atoms with Crippen LogP contribution in [0, 0.1) is 0 Å². The Balaban J connectivity index is 2.27. The highest BCUT2D eigenvalue weighted by molar-refractivity contribution is 6.07. The summed E-state index contributed by atoms with van der Waals surface area (Å²) in [4.78, 5) is 25.6. The summed E-state index contributed by atoms with van der Waals surface area (Å²) < 4.78 is 0. The Morgan fingerprint density at radius 1 is 1.16 bits per heavy atom. The van der Waals surface area contributed by atoms with Crippen LogP contribution in [0.1, 0.15) is 32.8 Å². The molecule has 1 heterocycles. The van der Waals surface area contributed by atoms with Gasteiger partial charge >= 0.3 is 0 Å². The minimum Gasteiger partial charge on any atom is -0.343 e. The van der Waals surface area contributed by atoms with E-state index in [-0.39, 0.29) is 11.8 Å². The molecule has 1 aliphatic heterocycles. The Hall–Kier alpha value is -1.84. The summed E-state index contributed by atoms with van der Waals surface area (Å²) in [7, 11) is 0. The third kappa shape index (κ3) is 2.62. The highest BCUT2D eigenvalue weighted by Crippen LogP contribution is 2.22. The van der Waals surface area contributed by atoms with Crippen molar-refractivity contribution in [2.24, 2.45) is 0 Å². The van der Waals surface area contributed by atoms with Gasteiger partial charge in [-0.3, -0.25) is 14.5 Å². The first kappa shape index (κ1) is 13.6. The molecule has 2 unspecified atom stereocenters. The molecule has 1 aliphatic rings. The molecule has 19 heavy (non-hydrogen) atoms. The lowest BCUT2D eigenvalue weighted by atomic mass is 10.1. The van der Waals surface area contributed by atoms with Gasteiger partial charge in [0.25, 0.3) is 0 Å². The fourth-order valence-corrected chi connectivity index (χ4v) is 2.38. The van der Waals surface area contributed by atoms with Crippen molar-refractivity contribution < 1.29 is 9.59 Å². The lowest BCUT2D eigenvalue weighted by Gasteiger charge is -2.36. The molecule has 4 heteroatoms. The number of amides is 2. The quantitative estimate of drug-likeness (QED) is 0.902. The lowest BCUT2D eigenvalue weighted by molar-refractivity contribution is -0.133. The average molecular weight is 260 g/mol. The second-order valence-corrected chi connectivity index (χ2v) is 5.03. The molecule has 1 N–H and O–H groups in total. The van der Waals surface area contributed by atoms with Gasteiger partial charge in [-0.1, -0.05) is 25.5 Å². The number of carbonyl (C=O) groups is 2. The standard InChI is InChI=1S/C15H20N2O2/c1-4-5-12-6-8-13(9-7-12)17-11(3)14(18)16-10(2)15(17)19/h6-11H,4-5H2,1-3H3,(H,16,18). The minimum absolute atomic E-state index is 0.0599. The van der Waals surface area contributed by atoms with Crippen molar-refractivity contribution >= 4 is 17.5 Å². The lowest BCUT2D eigenvalue weighted by Crippen LogP contribution is -2.61. The van der Waals surface area contributed by atoms with E-state index in [1.54, 1.807) is 18.7 Å². The van der Waals surface area contributed by atoms with Crippen molar-refractivity contribution in [2.45, 2.75) is 45.7 Å². The van der Waals surface area contributed by atoms with E-state index >= 15 is 0 Å². The summed E-state index contributed by atoms with van der Waals surface area (Å²) in [5, 5.41) is 2.68. The second-order valence-electron chi connectivity index (χ2n) is 5.03. The molecule has 102 valence electrons. The van der Waals surface area contributed by atoms with Crippen molar-refractivity contribution in [3.8, 4) is 0 Å². The van der Waals surface area contributed by atoms with E-state index in [1.165, 1.54) is 5.56 Å². The Morgan fingerprint density at radius 3 is 2.37 bits per heavy atom. The highest BCUT2D eigenvalue weighted by atomic mass is 16.2. The molecule has 1 fully saturated rings. The van der Waals surface area contributed by atoms with Crippen LogP contribution in [-0.2, 0) is 16.0 Å². The molecule has 1 saturated heterocycles. The monoisotopic (exact) mass is 260 g/mol. The average Bonchev–Trinajstić information content (AvgIpc) is 2.39. The van der Waals surface area contributed by atoms with Gasteiger partial charge in [0, 0.05) is 5.69 Å². The van der Waals surface area contributed by atoms with Crippen molar-refractivity contribution in [2.75, 3.05) is 4.90 Å². The van der Waals surface area contributed by atoms with Crippen LogP contribution in [0.25, 0.3) is 0 Å². The number of hydrogen-bond donors (Lipinski definition) is 1. The second kappa shape index (κ2) is 5.43. The van der Waals surface area contributed by atoms with Gasteiger partial charge in [0.1, 0.15) is 12.1 Å². The minimum atomic E-state index is -0.459. The third-order valence-corrected chi connectivity index (χ3v) is 3.49. The number of nitrogens with one attached hydrogen (secondary N) is 1. The number of piperazine rings is 1. The number of aryl methyl sites for hydroxylation is 1. The van der Waals surface area contributed by atoms with Crippen LogP contribution in [0.5, 0.6) is 0 Å². The van der Waals surface area contributed by atoms with Crippen LogP contribution in [0.3, 0.4) is 0 Å². The van der Waals surface area contributed by atoms with Crippen molar-refractivity contribution in [1.29, 1.82) is 0 Å². The molecule has 0 bridgehead atoms. The van der Waals surface area contributed by atoms with Gasteiger partial charge in [0.15, 0.2) is 0 Å². The normalized spacial score (nSPS) is 23.4. The van der Waals surface area contributed by atoms with Crippen LogP contribution in [-0.4, -0.2) is 23.9 Å². The summed E-state index contributed by atoms with van der Waals surface area (Å²) in [6.45, 7) is 5.60. The van der Waals surface area contributed by atoms with Crippen LogP contribution < -0.4 is 10.2 Å². The van der Waals surface area contributed by atoms with E-state index < -0.39 is 12.1 Å². The third-order valence-electron chi connectivity index (χ3n) is 3.49. The van der Waals surface area contributed by atoms with E-state index in [4.69, 9.17) is 0 Å². The Kier molecular flexibility index (Phi) is 3.88. The van der Waals surface area contributed by atoms with Crippen LogP contribution in [0.2, 0.25) is 0 Å². The van der Waals surface area contributed by atoms with Gasteiger partial charge in [-0.05, 0) is 38.0 Å². The van der Waals surface area contributed by atoms with Crippen LogP contribution in [0.4, 0.5) is 5.69 Å². The summed E-state index contributed by atoms with van der Waals surface area (Å²) in [5.74, 6) is -0.167. The molecule has 0 saturated carbocycles. The molecule has 2 atom stereocenters. The maximum absolute atomic E-state index is 12.2. The first-order valence-electron chi connectivity index (χ1n) is 6.77. The van der Waals surface area contributed by atoms with E-state index in [1.807, 2.05) is 24.3 Å². The Morgan fingerprint density at radius 2 is 1.79 bits per heavy atom. The SMILES string of the molecule is CCCc1ccc(N2C(=O)C(C)NC(=O)C2C)cc1. The Bertz CT molecular complexity index is 481. The number of hydrogen-bond acceptors (Lipinski definition) is 2. The van der Waals surface area contributed by atoms with Gasteiger partial charge in [-0.2, -0.15) is 0 Å². The number of anilines is 1. The van der Waals surface area contributed by atoms with Crippen LogP contribution >= 0.6 is 0 Å².